The third-order valence-corrected chi connectivity index (χ3v) is 4.11. The van der Waals surface area contributed by atoms with Gasteiger partial charge in [-0.2, -0.15) is 11.8 Å². The highest BCUT2D eigenvalue weighted by molar-refractivity contribution is 7.98. The van der Waals surface area contributed by atoms with Crippen molar-refractivity contribution in [3.05, 3.63) is 29.8 Å². The number of nitrogens with one attached hydrogen (secondary N) is 3. The van der Waals surface area contributed by atoms with Crippen molar-refractivity contribution in [2.75, 3.05) is 30.9 Å². The van der Waals surface area contributed by atoms with Crippen molar-refractivity contribution in [2.45, 2.75) is 32.2 Å². The lowest BCUT2D eigenvalue weighted by Gasteiger charge is -2.12. The zero-order chi connectivity index (χ0) is 15.5. The summed E-state index contributed by atoms with van der Waals surface area (Å²) in [6.07, 6.45) is 5.54. The number of thioether (sulfide) groups is 1. The summed E-state index contributed by atoms with van der Waals surface area (Å²) < 4.78 is 0. The molecule has 3 N–H and O–H groups in total. The Morgan fingerprint density at radius 3 is 2.52 bits per heavy atom. The van der Waals surface area contributed by atoms with Gasteiger partial charge in [-0.25, -0.2) is 4.79 Å². The van der Waals surface area contributed by atoms with E-state index in [-0.39, 0.29) is 6.03 Å². The number of benzene rings is 1. The predicted octanol–water partition coefficient (Wildman–Crippen LogP) is 3.62. The first kappa shape index (κ1) is 17.9. The highest BCUT2D eigenvalue weighted by Gasteiger charge is 2.04. The van der Waals surface area contributed by atoms with E-state index in [1.165, 1.54) is 17.7 Å². The van der Waals surface area contributed by atoms with Gasteiger partial charge in [0.2, 0.25) is 0 Å². The predicted molar refractivity (Wildman–Crippen MR) is 93.2 cm³/mol. The molecule has 0 spiro atoms. The van der Waals surface area contributed by atoms with Crippen LogP contribution in [0.1, 0.15) is 37.8 Å². The first-order chi connectivity index (χ1) is 10.2. The Balaban J connectivity index is 2.25. The average molecular weight is 309 g/mol. The molecule has 2 amide bonds. The van der Waals surface area contributed by atoms with Crippen LogP contribution in [-0.2, 0) is 0 Å². The van der Waals surface area contributed by atoms with E-state index in [9.17, 15) is 4.79 Å². The van der Waals surface area contributed by atoms with Crippen LogP contribution in [0.3, 0.4) is 0 Å². The van der Waals surface area contributed by atoms with Gasteiger partial charge in [-0.1, -0.05) is 18.6 Å². The zero-order valence-corrected chi connectivity index (χ0v) is 14.1. The maximum atomic E-state index is 11.7. The molecule has 1 aromatic rings. The van der Waals surface area contributed by atoms with Crippen LogP contribution in [0.15, 0.2) is 24.3 Å². The van der Waals surface area contributed by atoms with Crippen LogP contribution in [-0.4, -0.2) is 31.6 Å². The molecule has 0 aliphatic carbocycles. The van der Waals surface area contributed by atoms with Gasteiger partial charge in [0, 0.05) is 18.3 Å². The molecule has 1 aromatic carbocycles. The van der Waals surface area contributed by atoms with Gasteiger partial charge < -0.3 is 16.0 Å². The van der Waals surface area contributed by atoms with Gasteiger partial charge in [-0.15, -0.1) is 0 Å². The highest BCUT2D eigenvalue weighted by atomic mass is 32.2. The molecule has 118 valence electrons. The molecule has 0 saturated heterocycles. The van der Waals surface area contributed by atoms with Crippen LogP contribution in [0.2, 0.25) is 0 Å². The average Bonchev–Trinajstić information content (AvgIpc) is 2.50. The first-order valence-electron chi connectivity index (χ1n) is 7.48. The summed E-state index contributed by atoms with van der Waals surface area (Å²) in [6.45, 7) is 2.83. The van der Waals surface area contributed by atoms with Gasteiger partial charge in [-0.3, -0.25) is 0 Å². The number of carbonyl (C=O) groups excluding carboxylic acids is 1. The molecule has 0 aliphatic rings. The van der Waals surface area contributed by atoms with E-state index in [0.29, 0.717) is 6.04 Å². The fourth-order valence-electron chi connectivity index (χ4n) is 1.95. The standard InChI is InChI=1S/C16H27N3OS/c1-13(17-2)14-7-9-15(10-8-14)19-16(20)18-11-5-4-6-12-21-3/h7-10,13,17H,4-6,11-12H2,1-3H3,(H2,18,19,20). The molecule has 0 aromatic heterocycles. The van der Waals surface area contributed by atoms with Crippen molar-refractivity contribution in [2.24, 2.45) is 0 Å². The van der Waals surface area contributed by atoms with Gasteiger partial charge in [0.15, 0.2) is 0 Å². The van der Waals surface area contributed by atoms with E-state index in [1.54, 1.807) is 0 Å². The van der Waals surface area contributed by atoms with E-state index in [0.717, 1.165) is 25.1 Å². The van der Waals surface area contributed by atoms with Gasteiger partial charge in [0.05, 0.1) is 0 Å². The van der Waals surface area contributed by atoms with Crippen LogP contribution in [0.25, 0.3) is 0 Å². The Bertz CT molecular complexity index is 408. The number of hydrogen-bond acceptors (Lipinski definition) is 3. The summed E-state index contributed by atoms with van der Waals surface area (Å²) in [6, 6.07) is 8.10. The molecule has 4 nitrogen and oxygen atoms in total. The van der Waals surface area contributed by atoms with E-state index in [2.05, 4.69) is 29.1 Å². The number of carbonyl (C=O) groups is 1. The van der Waals surface area contributed by atoms with Gasteiger partial charge >= 0.3 is 6.03 Å². The monoisotopic (exact) mass is 309 g/mol. The van der Waals surface area contributed by atoms with Gasteiger partial charge in [0.1, 0.15) is 0 Å². The second-order valence-corrected chi connectivity index (χ2v) is 6.05. The molecule has 0 saturated carbocycles. The topological polar surface area (TPSA) is 53.2 Å². The molecule has 0 radical (unpaired) electrons. The second-order valence-electron chi connectivity index (χ2n) is 5.07. The first-order valence-corrected chi connectivity index (χ1v) is 8.87. The van der Waals surface area contributed by atoms with Crippen molar-refractivity contribution in [1.82, 2.24) is 10.6 Å². The van der Waals surface area contributed by atoms with Crippen molar-refractivity contribution >= 4 is 23.5 Å². The number of amides is 2. The minimum Gasteiger partial charge on any atom is -0.338 e. The summed E-state index contributed by atoms with van der Waals surface area (Å²) in [5.74, 6) is 1.20. The molecule has 1 atom stereocenters. The maximum Gasteiger partial charge on any atom is 0.319 e. The van der Waals surface area contributed by atoms with Crippen molar-refractivity contribution in [3.63, 3.8) is 0 Å². The molecule has 0 heterocycles. The molecular weight excluding hydrogens is 282 g/mol. The van der Waals surface area contributed by atoms with E-state index >= 15 is 0 Å². The minimum atomic E-state index is -0.130. The largest absolute Gasteiger partial charge is 0.338 e. The zero-order valence-electron chi connectivity index (χ0n) is 13.2. The number of unbranched alkanes of at least 4 members (excludes halogenated alkanes) is 2. The second kappa shape index (κ2) is 10.5. The molecule has 1 rings (SSSR count). The summed E-state index contributed by atoms with van der Waals surface area (Å²) in [4.78, 5) is 11.7. The van der Waals surface area contributed by atoms with Crippen LogP contribution >= 0.6 is 11.8 Å². The molecule has 0 bridgehead atoms. The van der Waals surface area contributed by atoms with Crippen molar-refractivity contribution in [3.8, 4) is 0 Å². The smallest absolute Gasteiger partial charge is 0.319 e. The Morgan fingerprint density at radius 1 is 1.19 bits per heavy atom. The Labute approximate surface area is 132 Å². The van der Waals surface area contributed by atoms with Crippen molar-refractivity contribution in [1.29, 1.82) is 0 Å². The molecule has 0 fully saturated rings. The number of hydrogen-bond donors (Lipinski definition) is 3. The van der Waals surface area contributed by atoms with E-state index in [4.69, 9.17) is 0 Å². The number of rotatable bonds is 9. The minimum absolute atomic E-state index is 0.130. The molecule has 5 heteroatoms. The Kier molecular flexibility index (Phi) is 8.94. The van der Waals surface area contributed by atoms with E-state index < -0.39 is 0 Å². The summed E-state index contributed by atoms with van der Waals surface area (Å²) in [5.41, 5.74) is 2.03. The van der Waals surface area contributed by atoms with E-state index in [1.807, 2.05) is 43.1 Å². The Morgan fingerprint density at radius 2 is 1.90 bits per heavy atom. The fourth-order valence-corrected chi connectivity index (χ4v) is 2.44. The SMILES string of the molecule is CNC(C)c1ccc(NC(=O)NCCCCCSC)cc1. The quantitative estimate of drug-likeness (QED) is 0.611. The third-order valence-electron chi connectivity index (χ3n) is 3.41. The van der Waals surface area contributed by atoms with Crippen LogP contribution in [0.5, 0.6) is 0 Å². The van der Waals surface area contributed by atoms with Gasteiger partial charge in [0.25, 0.3) is 0 Å². The van der Waals surface area contributed by atoms with Crippen LogP contribution < -0.4 is 16.0 Å². The molecule has 21 heavy (non-hydrogen) atoms. The Hall–Kier alpha value is -1.20. The third kappa shape index (κ3) is 7.39. The summed E-state index contributed by atoms with van der Waals surface area (Å²) >= 11 is 1.87. The summed E-state index contributed by atoms with van der Waals surface area (Å²) in [5, 5.41) is 8.93. The lowest BCUT2D eigenvalue weighted by Crippen LogP contribution is -2.29. The normalized spacial score (nSPS) is 12.0. The summed E-state index contributed by atoms with van der Waals surface area (Å²) in [7, 11) is 1.93. The molecule has 1 unspecified atom stereocenters. The fraction of sp³-hybridized carbons (Fsp3) is 0.562. The number of urea groups is 1. The number of anilines is 1. The maximum absolute atomic E-state index is 11.7. The van der Waals surface area contributed by atoms with Crippen molar-refractivity contribution < 1.29 is 4.79 Å². The van der Waals surface area contributed by atoms with Crippen LogP contribution in [0.4, 0.5) is 10.5 Å². The van der Waals surface area contributed by atoms with Gasteiger partial charge in [-0.05, 0) is 56.5 Å². The lowest BCUT2D eigenvalue weighted by molar-refractivity contribution is 0.252. The molecular formula is C16H27N3OS. The lowest BCUT2D eigenvalue weighted by atomic mass is 10.1. The van der Waals surface area contributed by atoms with Crippen LogP contribution in [0, 0.1) is 0 Å². The highest BCUT2D eigenvalue weighted by Crippen LogP contribution is 2.15. The molecule has 0 aliphatic heterocycles.